The van der Waals surface area contributed by atoms with E-state index < -0.39 is 10.3 Å². The number of benzene rings is 2. The summed E-state index contributed by atoms with van der Waals surface area (Å²) in [6.45, 7) is 5.88. The number of rotatable bonds is 6. The van der Waals surface area contributed by atoms with Crippen molar-refractivity contribution in [1.82, 2.24) is 0 Å². The number of hydrazone groups is 1. The molecule has 0 fully saturated rings. The molecular weight excluding hydrogens is 414 g/mol. The van der Waals surface area contributed by atoms with E-state index >= 15 is 0 Å². The number of carbonyl (C=O) groups is 1. The minimum atomic E-state index is -0.491. The monoisotopic (exact) mass is 439 g/mol. The highest BCUT2D eigenvalue weighted by atomic mass is 16.6. The molecule has 168 valence electrons. The zero-order valence-corrected chi connectivity index (χ0v) is 18.8. The molecule has 0 unspecified atom stereocenters. The van der Waals surface area contributed by atoms with Crippen LogP contribution in [-0.2, 0) is 4.79 Å². The van der Waals surface area contributed by atoms with Crippen molar-refractivity contribution in [2.24, 2.45) is 10.5 Å². The minimum absolute atomic E-state index is 0.0615. The maximum absolute atomic E-state index is 13.3. The van der Waals surface area contributed by atoms with Crippen molar-refractivity contribution < 1.29 is 23.9 Å². The first-order valence-electron chi connectivity index (χ1n) is 9.80. The van der Waals surface area contributed by atoms with Crippen molar-refractivity contribution in [1.29, 1.82) is 0 Å². The fourth-order valence-corrected chi connectivity index (χ4v) is 3.34. The van der Waals surface area contributed by atoms with Gasteiger partial charge in [0.25, 0.3) is 11.6 Å². The van der Waals surface area contributed by atoms with Crippen molar-refractivity contribution in [3.05, 3.63) is 57.6 Å². The van der Waals surface area contributed by atoms with E-state index in [1.165, 1.54) is 50.6 Å². The second-order valence-electron chi connectivity index (χ2n) is 8.11. The molecule has 0 saturated carbocycles. The smallest absolute Gasteiger partial charge is 0.280 e. The van der Waals surface area contributed by atoms with Gasteiger partial charge in [-0.05, 0) is 35.9 Å². The summed E-state index contributed by atoms with van der Waals surface area (Å²) < 4.78 is 16.2. The Morgan fingerprint density at radius 1 is 1.00 bits per heavy atom. The molecule has 9 heteroatoms. The van der Waals surface area contributed by atoms with Crippen LogP contribution in [0.5, 0.6) is 17.2 Å². The van der Waals surface area contributed by atoms with Gasteiger partial charge in [-0.25, -0.2) is 0 Å². The number of non-ortho nitro benzene ring substituents is 1. The highest BCUT2D eigenvalue weighted by molar-refractivity contribution is 6.34. The van der Waals surface area contributed by atoms with Crippen LogP contribution in [0.3, 0.4) is 0 Å². The van der Waals surface area contributed by atoms with Crippen LogP contribution in [-0.4, -0.2) is 37.9 Å². The first-order chi connectivity index (χ1) is 15.1. The molecule has 0 saturated heterocycles. The van der Waals surface area contributed by atoms with Crippen LogP contribution < -0.4 is 19.2 Å². The molecule has 2 aromatic carbocycles. The molecule has 1 aliphatic heterocycles. The lowest BCUT2D eigenvalue weighted by Crippen LogP contribution is -2.24. The molecule has 1 amide bonds. The third-order valence-corrected chi connectivity index (χ3v) is 4.89. The standard InChI is InChI=1S/C23H25N3O6/c1-23(2,3)21-17(11-14-12-18(30-4)20(32-6)19(13-14)31-5)22(27)25(24-21)15-7-9-16(10-8-15)26(28)29/h7-13H,1-6H3/b17-11+. The minimum Gasteiger partial charge on any atom is -0.493 e. The number of amides is 1. The summed E-state index contributed by atoms with van der Waals surface area (Å²) in [5, 5.41) is 16.8. The Hall–Kier alpha value is -3.88. The van der Waals surface area contributed by atoms with Gasteiger partial charge in [0, 0.05) is 17.5 Å². The van der Waals surface area contributed by atoms with E-state index in [0.717, 1.165) is 0 Å². The lowest BCUT2D eigenvalue weighted by molar-refractivity contribution is -0.384. The molecule has 1 aliphatic rings. The summed E-state index contributed by atoms with van der Waals surface area (Å²) in [4.78, 5) is 23.8. The maximum Gasteiger partial charge on any atom is 0.280 e. The maximum atomic E-state index is 13.3. The fourth-order valence-electron chi connectivity index (χ4n) is 3.34. The average molecular weight is 439 g/mol. The van der Waals surface area contributed by atoms with E-state index in [1.807, 2.05) is 20.8 Å². The Balaban J connectivity index is 2.10. The van der Waals surface area contributed by atoms with E-state index in [9.17, 15) is 14.9 Å². The van der Waals surface area contributed by atoms with Crippen molar-refractivity contribution in [2.75, 3.05) is 26.3 Å². The number of nitro benzene ring substituents is 1. The van der Waals surface area contributed by atoms with Gasteiger partial charge in [-0.15, -0.1) is 0 Å². The Morgan fingerprint density at radius 3 is 2.00 bits per heavy atom. The van der Waals surface area contributed by atoms with Crippen LogP contribution in [0.15, 0.2) is 47.1 Å². The van der Waals surface area contributed by atoms with Crippen molar-refractivity contribution in [3.8, 4) is 17.2 Å². The molecular formula is C23H25N3O6. The van der Waals surface area contributed by atoms with Crippen LogP contribution >= 0.6 is 0 Å². The number of nitrogens with zero attached hydrogens (tertiary/aromatic N) is 3. The predicted octanol–water partition coefficient (Wildman–Crippen LogP) is 4.45. The van der Waals surface area contributed by atoms with E-state index in [1.54, 1.807) is 18.2 Å². The third kappa shape index (κ3) is 4.27. The Kier molecular flexibility index (Phi) is 6.20. The molecule has 1 heterocycles. The van der Waals surface area contributed by atoms with Gasteiger partial charge in [0.15, 0.2) is 11.5 Å². The summed E-state index contributed by atoms with van der Waals surface area (Å²) in [5.41, 5.74) is 1.62. The molecule has 0 radical (unpaired) electrons. The van der Waals surface area contributed by atoms with E-state index in [0.29, 0.717) is 39.8 Å². The lowest BCUT2D eigenvalue weighted by Gasteiger charge is -2.18. The summed E-state index contributed by atoms with van der Waals surface area (Å²) in [6.07, 6.45) is 1.72. The van der Waals surface area contributed by atoms with E-state index in [2.05, 4.69) is 5.10 Å². The number of ether oxygens (including phenoxy) is 3. The molecule has 9 nitrogen and oxygen atoms in total. The average Bonchev–Trinajstić information content (AvgIpc) is 3.09. The van der Waals surface area contributed by atoms with E-state index in [-0.39, 0.29) is 11.6 Å². The lowest BCUT2D eigenvalue weighted by atomic mass is 9.85. The van der Waals surface area contributed by atoms with Crippen molar-refractivity contribution >= 4 is 29.1 Å². The fraction of sp³-hybridized carbons (Fsp3) is 0.304. The molecule has 2 aromatic rings. The second kappa shape index (κ2) is 8.70. The number of carbonyl (C=O) groups excluding carboxylic acids is 1. The van der Waals surface area contributed by atoms with Gasteiger partial charge in [0.2, 0.25) is 5.75 Å². The van der Waals surface area contributed by atoms with Gasteiger partial charge in [-0.3, -0.25) is 14.9 Å². The van der Waals surface area contributed by atoms with Gasteiger partial charge in [-0.2, -0.15) is 10.1 Å². The molecule has 0 atom stereocenters. The molecule has 3 rings (SSSR count). The van der Waals surface area contributed by atoms with Crippen LogP contribution in [0, 0.1) is 15.5 Å². The molecule has 0 aromatic heterocycles. The first-order valence-corrected chi connectivity index (χ1v) is 9.80. The van der Waals surface area contributed by atoms with Crippen LogP contribution in [0.25, 0.3) is 6.08 Å². The number of hydrogen-bond acceptors (Lipinski definition) is 7. The van der Waals surface area contributed by atoms with Crippen molar-refractivity contribution in [3.63, 3.8) is 0 Å². The predicted molar refractivity (Wildman–Crippen MR) is 122 cm³/mol. The number of hydrogen-bond donors (Lipinski definition) is 0. The van der Waals surface area contributed by atoms with Crippen LogP contribution in [0.4, 0.5) is 11.4 Å². The highest BCUT2D eigenvalue weighted by Gasteiger charge is 2.37. The van der Waals surface area contributed by atoms with Gasteiger partial charge in [-0.1, -0.05) is 20.8 Å². The van der Waals surface area contributed by atoms with Crippen molar-refractivity contribution in [2.45, 2.75) is 20.8 Å². The summed E-state index contributed by atoms with van der Waals surface area (Å²) >= 11 is 0. The summed E-state index contributed by atoms with van der Waals surface area (Å²) in [5.74, 6) is 1.04. The number of methoxy groups -OCH3 is 3. The van der Waals surface area contributed by atoms with Gasteiger partial charge in [0.05, 0.1) is 43.2 Å². The molecule has 0 bridgehead atoms. The SMILES string of the molecule is COc1cc(/C=C2/C(=O)N(c3ccc([N+](=O)[O-])cc3)N=C2C(C)(C)C)cc(OC)c1OC. The Bertz CT molecular complexity index is 1090. The van der Waals surface area contributed by atoms with Gasteiger partial charge >= 0.3 is 0 Å². The normalized spacial score (nSPS) is 15.1. The van der Waals surface area contributed by atoms with Crippen LogP contribution in [0.2, 0.25) is 0 Å². The molecule has 0 aliphatic carbocycles. The zero-order valence-electron chi connectivity index (χ0n) is 18.8. The summed E-state index contributed by atoms with van der Waals surface area (Å²) in [7, 11) is 4.56. The molecule has 0 spiro atoms. The van der Waals surface area contributed by atoms with Gasteiger partial charge in [0.1, 0.15) is 0 Å². The highest BCUT2D eigenvalue weighted by Crippen LogP contribution is 2.40. The Morgan fingerprint density at radius 2 is 1.56 bits per heavy atom. The largest absolute Gasteiger partial charge is 0.493 e. The van der Waals surface area contributed by atoms with Gasteiger partial charge < -0.3 is 14.2 Å². The first kappa shape index (κ1) is 22.8. The second-order valence-corrected chi connectivity index (χ2v) is 8.11. The third-order valence-electron chi connectivity index (χ3n) is 4.89. The molecule has 32 heavy (non-hydrogen) atoms. The number of anilines is 1. The summed E-state index contributed by atoms with van der Waals surface area (Å²) in [6, 6.07) is 9.18. The number of nitro groups is 1. The van der Waals surface area contributed by atoms with E-state index in [4.69, 9.17) is 14.2 Å². The van der Waals surface area contributed by atoms with Crippen LogP contribution in [0.1, 0.15) is 26.3 Å². The topological polar surface area (TPSA) is 104 Å². The molecule has 0 N–H and O–H groups in total. The quantitative estimate of drug-likeness (QED) is 0.374. The Labute approximate surface area is 186 Å². The zero-order chi connectivity index (χ0) is 23.6.